The van der Waals surface area contributed by atoms with E-state index < -0.39 is 0 Å². The van der Waals surface area contributed by atoms with Crippen molar-refractivity contribution in [3.05, 3.63) is 75.3 Å². The monoisotopic (exact) mass is 413 g/mol. The molecule has 3 aromatic rings. The number of benzene rings is 2. The zero-order valence-corrected chi connectivity index (χ0v) is 18.1. The van der Waals surface area contributed by atoms with Gasteiger partial charge in [-0.2, -0.15) is 0 Å². The highest BCUT2D eigenvalue weighted by Gasteiger charge is 2.21. The second-order valence-electron chi connectivity index (χ2n) is 6.87. The summed E-state index contributed by atoms with van der Waals surface area (Å²) in [7, 11) is 0. The molecule has 0 unspecified atom stereocenters. The van der Waals surface area contributed by atoms with Crippen molar-refractivity contribution in [1.29, 1.82) is 0 Å². The van der Waals surface area contributed by atoms with Gasteiger partial charge in [-0.1, -0.05) is 41.9 Å². The molecule has 0 bridgehead atoms. The van der Waals surface area contributed by atoms with Gasteiger partial charge in [0, 0.05) is 29.9 Å². The van der Waals surface area contributed by atoms with Crippen molar-refractivity contribution < 1.29 is 4.79 Å². The number of carbonyl (C=O) groups is 1. The molecular weight excluding hydrogens is 390 g/mol. The lowest BCUT2D eigenvalue weighted by Crippen LogP contribution is -2.24. The molecule has 0 aliphatic rings. The van der Waals surface area contributed by atoms with Crippen LogP contribution in [0.15, 0.2) is 47.8 Å². The third-order valence-corrected chi connectivity index (χ3v) is 5.79. The summed E-state index contributed by atoms with van der Waals surface area (Å²) in [6.07, 6.45) is 0. The number of thiazole rings is 1. The number of halogens is 1. The quantitative estimate of drug-likeness (QED) is 0.543. The SMILES string of the molecule is CC(=O)N(c1nc(CN[C@H](C)c2ccc(Cl)cc2)cs1)c1c(C)cccc1C. The molecule has 0 spiro atoms. The summed E-state index contributed by atoms with van der Waals surface area (Å²) >= 11 is 7.44. The van der Waals surface area contributed by atoms with Crippen LogP contribution in [-0.2, 0) is 11.3 Å². The van der Waals surface area contributed by atoms with Crippen LogP contribution in [0.5, 0.6) is 0 Å². The van der Waals surface area contributed by atoms with Crippen molar-refractivity contribution in [1.82, 2.24) is 10.3 Å². The minimum Gasteiger partial charge on any atom is -0.305 e. The summed E-state index contributed by atoms with van der Waals surface area (Å²) in [5.41, 5.74) is 5.11. The Morgan fingerprint density at radius 3 is 2.43 bits per heavy atom. The fraction of sp³-hybridized carbons (Fsp3) is 0.273. The molecule has 1 aromatic heterocycles. The predicted molar refractivity (Wildman–Crippen MR) is 118 cm³/mol. The van der Waals surface area contributed by atoms with Crippen LogP contribution in [0.2, 0.25) is 5.02 Å². The maximum absolute atomic E-state index is 12.4. The highest BCUT2D eigenvalue weighted by Crippen LogP contribution is 2.33. The Kier molecular flexibility index (Phi) is 6.50. The first-order valence-corrected chi connectivity index (χ1v) is 10.4. The first-order chi connectivity index (χ1) is 13.4. The van der Waals surface area contributed by atoms with E-state index in [4.69, 9.17) is 16.6 Å². The lowest BCUT2D eigenvalue weighted by atomic mass is 10.1. The van der Waals surface area contributed by atoms with Gasteiger partial charge in [0.2, 0.25) is 5.91 Å². The summed E-state index contributed by atoms with van der Waals surface area (Å²) in [6, 6.07) is 14.0. The van der Waals surface area contributed by atoms with Crippen LogP contribution in [-0.4, -0.2) is 10.9 Å². The lowest BCUT2D eigenvalue weighted by molar-refractivity contribution is -0.115. The average Bonchev–Trinajstić information content (AvgIpc) is 3.11. The molecule has 28 heavy (non-hydrogen) atoms. The number of nitrogens with one attached hydrogen (secondary N) is 1. The number of anilines is 2. The molecule has 6 heteroatoms. The number of hydrogen-bond donors (Lipinski definition) is 1. The zero-order chi connectivity index (χ0) is 20.3. The summed E-state index contributed by atoms with van der Waals surface area (Å²) in [5, 5.41) is 6.90. The summed E-state index contributed by atoms with van der Waals surface area (Å²) in [5.74, 6) is -0.0409. The van der Waals surface area contributed by atoms with E-state index in [1.54, 1.807) is 11.8 Å². The van der Waals surface area contributed by atoms with Crippen LogP contribution < -0.4 is 10.2 Å². The minimum absolute atomic E-state index is 0.0409. The number of aryl methyl sites for hydroxylation is 2. The number of hydrogen-bond acceptors (Lipinski definition) is 4. The molecule has 0 fully saturated rings. The Morgan fingerprint density at radius 1 is 1.18 bits per heavy atom. The van der Waals surface area contributed by atoms with Gasteiger partial charge in [0.25, 0.3) is 0 Å². The third kappa shape index (κ3) is 4.61. The fourth-order valence-corrected chi connectivity index (χ4v) is 4.15. The Labute approximate surface area is 175 Å². The molecule has 3 rings (SSSR count). The summed E-state index contributed by atoms with van der Waals surface area (Å²) in [6.45, 7) is 8.34. The van der Waals surface area contributed by atoms with Gasteiger partial charge in [-0.25, -0.2) is 4.98 Å². The standard InChI is InChI=1S/C22H24ClN3OS/c1-14-6-5-7-15(2)21(14)26(17(4)27)22-25-20(13-28-22)12-24-16(3)18-8-10-19(23)11-9-18/h5-11,13,16,24H,12H2,1-4H3/t16-/m1/s1. The summed E-state index contributed by atoms with van der Waals surface area (Å²) < 4.78 is 0. The maximum atomic E-state index is 12.4. The van der Waals surface area contributed by atoms with Crippen LogP contribution >= 0.6 is 22.9 Å². The number of amides is 1. The van der Waals surface area contributed by atoms with Gasteiger partial charge in [0.05, 0.1) is 11.4 Å². The van der Waals surface area contributed by atoms with E-state index in [0.717, 1.165) is 27.5 Å². The molecule has 0 saturated carbocycles. The topological polar surface area (TPSA) is 45.2 Å². The van der Waals surface area contributed by atoms with Crippen molar-refractivity contribution in [3.63, 3.8) is 0 Å². The van der Waals surface area contributed by atoms with Gasteiger partial charge in [0.1, 0.15) is 0 Å². The Hall–Kier alpha value is -2.21. The number of para-hydroxylation sites is 1. The van der Waals surface area contributed by atoms with Crippen LogP contribution in [0.1, 0.15) is 42.3 Å². The van der Waals surface area contributed by atoms with Gasteiger partial charge in [-0.05, 0) is 49.6 Å². The van der Waals surface area contributed by atoms with Crippen LogP contribution in [0.4, 0.5) is 10.8 Å². The number of nitrogens with zero attached hydrogens (tertiary/aromatic N) is 2. The van der Waals surface area contributed by atoms with E-state index in [-0.39, 0.29) is 11.9 Å². The Morgan fingerprint density at radius 2 is 1.82 bits per heavy atom. The smallest absolute Gasteiger partial charge is 0.230 e. The molecule has 0 radical (unpaired) electrons. The van der Waals surface area contributed by atoms with Crippen molar-refractivity contribution in [2.24, 2.45) is 0 Å². The zero-order valence-electron chi connectivity index (χ0n) is 16.5. The average molecular weight is 414 g/mol. The molecule has 146 valence electrons. The van der Waals surface area contributed by atoms with Crippen LogP contribution in [0.25, 0.3) is 0 Å². The molecule has 2 aromatic carbocycles. The van der Waals surface area contributed by atoms with Crippen LogP contribution in [0, 0.1) is 13.8 Å². The molecular formula is C22H24ClN3OS. The first kappa shape index (κ1) is 20.5. The Bertz CT molecular complexity index is 948. The lowest BCUT2D eigenvalue weighted by Gasteiger charge is -2.22. The molecule has 4 nitrogen and oxygen atoms in total. The highest BCUT2D eigenvalue weighted by atomic mass is 35.5. The highest BCUT2D eigenvalue weighted by molar-refractivity contribution is 7.14. The van der Waals surface area contributed by atoms with E-state index >= 15 is 0 Å². The number of aromatic nitrogens is 1. The van der Waals surface area contributed by atoms with E-state index in [1.165, 1.54) is 16.9 Å². The van der Waals surface area contributed by atoms with E-state index in [1.807, 2.05) is 61.7 Å². The molecule has 1 atom stereocenters. The molecule has 1 amide bonds. The second kappa shape index (κ2) is 8.86. The van der Waals surface area contributed by atoms with Crippen molar-refractivity contribution >= 4 is 39.7 Å². The molecule has 0 aliphatic carbocycles. The number of rotatable bonds is 6. The van der Waals surface area contributed by atoms with Crippen LogP contribution in [0.3, 0.4) is 0 Å². The largest absolute Gasteiger partial charge is 0.305 e. The maximum Gasteiger partial charge on any atom is 0.230 e. The number of carbonyl (C=O) groups excluding carboxylic acids is 1. The predicted octanol–water partition coefficient (Wildman–Crippen LogP) is 5.95. The van der Waals surface area contributed by atoms with E-state index in [2.05, 4.69) is 12.2 Å². The normalized spacial score (nSPS) is 12.0. The second-order valence-corrected chi connectivity index (χ2v) is 8.14. The van der Waals surface area contributed by atoms with Gasteiger partial charge < -0.3 is 5.32 Å². The van der Waals surface area contributed by atoms with Crippen molar-refractivity contribution in [2.75, 3.05) is 4.90 Å². The van der Waals surface area contributed by atoms with Crippen molar-refractivity contribution in [3.8, 4) is 0 Å². The molecule has 1 heterocycles. The molecule has 1 N–H and O–H groups in total. The molecule has 0 aliphatic heterocycles. The van der Waals surface area contributed by atoms with Gasteiger partial charge >= 0.3 is 0 Å². The molecule has 0 saturated heterocycles. The van der Waals surface area contributed by atoms with Gasteiger partial charge in [0.15, 0.2) is 5.13 Å². The minimum atomic E-state index is -0.0409. The van der Waals surface area contributed by atoms with Gasteiger partial charge in [-0.3, -0.25) is 9.69 Å². The first-order valence-electron chi connectivity index (χ1n) is 9.17. The Balaban J connectivity index is 1.76. The van der Waals surface area contributed by atoms with E-state index in [9.17, 15) is 4.79 Å². The van der Waals surface area contributed by atoms with Crippen molar-refractivity contribution in [2.45, 2.75) is 40.3 Å². The van der Waals surface area contributed by atoms with Gasteiger partial charge in [-0.15, -0.1) is 11.3 Å². The third-order valence-electron chi connectivity index (χ3n) is 4.67. The fourth-order valence-electron chi connectivity index (χ4n) is 3.15. The van der Waals surface area contributed by atoms with E-state index in [0.29, 0.717) is 11.7 Å². The summed E-state index contributed by atoms with van der Waals surface area (Å²) in [4.78, 5) is 18.8.